The summed E-state index contributed by atoms with van der Waals surface area (Å²) in [7, 11) is 1.53. The summed E-state index contributed by atoms with van der Waals surface area (Å²) < 4.78 is 0. The molecule has 104 valence electrons. The second-order valence-corrected chi connectivity index (χ2v) is 4.71. The molecule has 0 radical (unpaired) electrons. The van der Waals surface area contributed by atoms with E-state index < -0.39 is 12.0 Å². The van der Waals surface area contributed by atoms with Crippen molar-refractivity contribution in [1.82, 2.24) is 4.90 Å². The molecule has 0 heterocycles. The van der Waals surface area contributed by atoms with Crippen LogP contribution in [0.15, 0.2) is 42.5 Å². The highest BCUT2D eigenvalue weighted by Gasteiger charge is 2.26. The Morgan fingerprint density at radius 3 is 2.45 bits per heavy atom. The van der Waals surface area contributed by atoms with Crippen LogP contribution in [0.1, 0.15) is 23.7 Å². The largest absolute Gasteiger partial charge is 0.480 e. The van der Waals surface area contributed by atoms with Gasteiger partial charge >= 0.3 is 5.97 Å². The van der Waals surface area contributed by atoms with Gasteiger partial charge in [-0.2, -0.15) is 0 Å². The monoisotopic (exact) mass is 271 g/mol. The van der Waals surface area contributed by atoms with Gasteiger partial charge in [0.1, 0.15) is 6.04 Å². The molecule has 0 saturated heterocycles. The van der Waals surface area contributed by atoms with Gasteiger partial charge in [-0.1, -0.05) is 43.3 Å². The lowest BCUT2D eigenvalue weighted by Gasteiger charge is -2.24. The zero-order chi connectivity index (χ0) is 14.7. The summed E-state index contributed by atoms with van der Waals surface area (Å²) in [6.45, 7) is 1.76. The number of carboxylic acid groups (broad SMARTS) is 1. The average Bonchev–Trinajstić information content (AvgIpc) is 2.46. The van der Waals surface area contributed by atoms with Gasteiger partial charge in [-0.05, 0) is 23.3 Å². The van der Waals surface area contributed by atoms with Crippen molar-refractivity contribution in [2.45, 2.75) is 19.4 Å². The van der Waals surface area contributed by atoms with Crippen molar-refractivity contribution in [3.05, 3.63) is 48.0 Å². The maximum atomic E-state index is 12.5. The minimum atomic E-state index is -0.983. The lowest BCUT2D eigenvalue weighted by atomic mass is 10.0. The lowest BCUT2D eigenvalue weighted by molar-refractivity contribution is -0.142. The smallest absolute Gasteiger partial charge is 0.326 e. The van der Waals surface area contributed by atoms with Crippen LogP contribution in [0.3, 0.4) is 0 Å². The summed E-state index contributed by atoms with van der Waals surface area (Å²) in [5.41, 5.74) is 0.533. The molecule has 0 aliphatic rings. The number of fused-ring (bicyclic) bond motifs is 1. The number of benzene rings is 2. The van der Waals surface area contributed by atoms with Crippen LogP contribution in [-0.2, 0) is 4.79 Å². The standard InChI is InChI=1S/C16H17NO3/c1-3-14(16(19)20)17(2)15(18)13-10-6-8-11-7-4-5-9-12(11)13/h4-10,14H,3H2,1-2H3,(H,19,20). The summed E-state index contributed by atoms with van der Waals surface area (Å²) in [5.74, 6) is -1.25. The van der Waals surface area contributed by atoms with Gasteiger partial charge in [0.2, 0.25) is 0 Å². The van der Waals surface area contributed by atoms with Crippen molar-refractivity contribution in [3.63, 3.8) is 0 Å². The maximum Gasteiger partial charge on any atom is 0.326 e. The second kappa shape index (κ2) is 5.74. The zero-order valence-electron chi connectivity index (χ0n) is 11.5. The van der Waals surface area contributed by atoms with Crippen molar-refractivity contribution >= 4 is 22.6 Å². The molecular weight excluding hydrogens is 254 g/mol. The Bertz CT molecular complexity index is 646. The molecule has 0 fully saturated rings. The quantitative estimate of drug-likeness (QED) is 0.930. The minimum absolute atomic E-state index is 0.268. The van der Waals surface area contributed by atoms with Gasteiger partial charge in [-0.3, -0.25) is 4.79 Å². The molecule has 0 aromatic heterocycles. The third-order valence-corrected chi connectivity index (χ3v) is 3.48. The first kappa shape index (κ1) is 14.1. The number of hydrogen-bond acceptors (Lipinski definition) is 2. The van der Waals surface area contributed by atoms with Crippen LogP contribution < -0.4 is 0 Å². The van der Waals surface area contributed by atoms with Gasteiger partial charge in [0.05, 0.1) is 0 Å². The fourth-order valence-electron chi connectivity index (χ4n) is 2.36. The number of aliphatic carboxylic acids is 1. The molecule has 1 unspecified atom stereocenters. The molecule has 4 heteroatoms. The van der Waals surface area contributed by atoms with Crippen LogP contribution in [0, 0.1) is 0 Å². The number of likely N-dealkylation sites (N-methyl/N-ethyl adjacent to an activating group) is 1. The molecule has 0 aliphatic carbocycles. The van der Waals surface area contributed by atoms with E-state index in [2.05, 4.69) is 0 Å². The minimum Gasteiger partial charge on any atom is -0.480 e. The third-order valence-electron chi connectivity index (χ3n) is 3.48. The number of amides is 1. The van der Waals surface area contributed by atoms with Crippen molar-refractivity contribution in [2.24, 2.45) is 0 Å². The molecule has 1 N–H and O–H groups in total. The average molecular weight is 271 g/mol. The Kier molecular flexibility index (Phi) is 4.03. The van der Waals surface area contributed by atoms with E-state index >= 15 is 0 Å². The number of carbonyl (C=O) groups is 2. The number of carbonyl (C=O) groups excluding carboxylic acids is 1. The highest BCUT2D eigenvalue weighted by molar-refractivity contribution is 6.07. The molecule has 0 aliphatic heterocycles. The third kappa shape index (κ3) is 2.50. The molecule has 0 bridgehead atoms. The Labute approximate surface area is 117 Å². The summed E-state index contributed by atoms with van der Waals surface area (Å²) in [4.78, 5) is 25.0. The van der Waals surface area contributed by atoms with E-state index in [1.54, 1.807) is 13.0 Å². The maximum absolute atomic E-state index is 12.5. The van der Waals surface area contributed by atoms with E-state index in [4.69, 9.17) is 5.11 Å². The number of nitrogens with zero attached hydrogens (tertiary/aromatic N) is 1. The molecule has 0 spiro atoms. The fraction of sp³-hybridized carbons (Fsp3) is 0.250. The van der Waals surface area contributed by atoms with E-state index in [0.717, 1.165) is 10.8 Å². The van der Waals surface area contributed by atoms with Crippen LogP contribution in [0.25, 0.3) is 10.8 Å². The van der Waals surface area contributed by atoms with Gasteiger partial charge in [0, 0.05) is 12.6 Å². The van der Waals surface area contributed by atoms with Gasteiger partial charge < -0.3 is 10.0 Å². The van der Waals surface area contributed by atoms with E-state index in [1.165, 1.54) is 11.9 Å². The van der Waals surface area contributed by atoms with E-state index in [1.807, 2.05) is 36.4 Å². The molecule has 20 heavy (non-hydrogen) atoms. The number of carboxylic acids is 1. The van der Waals surface area contributed by atoms with Crippen LogP contribution in [-0.4, -0.2) is 35.0 Å². The predicted octanol–water partition coefficient (Wildman–Crippen LogP) is 2.78. The van der Waals surface area contributed by atoms with Crippen molar-refractivity contribution < 1.29 is 14.7 Å². The molecule has 4 nitrogen and oxygen atoms in total. The van der Waals surface area contributed by atoms with Crippen molar-refractivity contribution in [3.8, 4) is 0 Å². The Morgan fingerprint density at radius 1 is 1.15 bits per heavy atom. The molecule has 1 amide bonds. The van der Waals surface area contributed by atoms with Crippen LogP contribution in [0.5, 0.6) is 0 Å². The molecular formula is C16H17NO3. The molecule has 0 saturated carbocycles. The van der Waals surface area contributed by atoms with Crippen molar-refractivity contribution in [1.29, 1.82) is 0 Å². The number of hydrogen-bond donors (Lipinski definition) is 1. The van der Waals surface area contributed by atoms with E-state index in [9.17, 15) is 9.59 Å². The first-order valence-corrected chi connectivity index (χ1v) is 6.54. The summed E-state index contributed by atoms with van der Waals surface area (Å²) in [6.07, 6.45) is 0.377. The number of rotatable bonds is 4. The Balaban J connectivity index is 2.43. The summed E-state index contributed by atoms with van der Waals surface area (Å²) in [5, 5.41) is 11.0. The second-order valence-electron chi connectivity index (χ2n) is 4.71. The summed E-state index contributed by atoms with van der Waals surface area (Å²) >= 11 is 0. The first-order chi connectivity index (χ1) is 9.56. The van der Waals surface area contributed by atoms with Crippen LogP contribution in [0.4, 0.5) is 0 Å². The predicted molar refractivity (Wildman–Crippen MR) is 77.8 cm³/mol. The molecule has 2 aromatic carbocycles. The molecule has 1 atom stereocenters. The van der Waals surface area contributed by atoms with E-state index in [0.29, 0.717) is 12.0 Å². The Morgan fingerprint density at radius 2 is 1.80 bits per heavy atom. The van der Waals surface area contributed by atoms with Gasteiger partial charge in [-0.15, -0.1) is 0 Å². The molecule has 2 rings (SSSR count). The van der Waals surface area contributed by atoms with Crippen LogP contribution in [0.2, 0.25) is 0 Å². The zero-order valence-corrected chi connectivity index (χ0v) is 11.5. The van der Waals surface area contributed by atoms with Crippen molar-refractivity contribution in [2.75, 3.05) is 7.05 Å². The highest BCUT2D eigenvalue weighted by Crippen LogP contribution is 2.20. The normalized spacial score (nSPS) is 12.1. The van der Waals surface area contributed by atoms with Gasteiger partial charge in [-0.25, -0.2) is 4.79 Å². The van der Waals surface area contributed by atoms with Gasteiger partial charge in [0.25, 0.3) is 5.91 Å². The SMILES string of the molecule is CCC(C(=O)O)N(C)C(=O)c1cccc2ccccc12. The Hall–Kier alpha value is -2.36. The van der Waals surface area contributed by atoms with E-state index in [-0.39, 0.29) is 5.91 Å². The first-order valence-electron chi connectivity index (χ1n) is 6.54. The lowest BCUT2D eigenvalue weighted by Crippen LogP contribution is -2.42. The fourth-order valence-corrected chi connectivity index (χ4v) is 2.36. The van der Waals surface area contributed by atoms with Crippen LogP contribution >= 0.6 is 0 Å². The highest BCUT2D eigenvalue weighted by atomic mass is 16.4. The van der Waals surface area contributed by atoms with Gasteiger partial charge in [0.15, 0.2) is 0 Å². The molecule has 2 aromatic rings. The topological polar surface area (TPSA) is 57.6 Å². The summed E-state index contributed by atoms with van der Waals surface area (Å²) in [6, 6.07) is 12.3.